The molecule has 1 heterocycles. The minimum atomic E-state index is -0.231. The fourth-order valence-corrected chi connectivity index (χ4v) is 11.4. The predicted molar refractivity (Wildman–Crippen MR) is 214 cm³/mol. The van der Waals surface area contributed by atoms with Crippen LogP contribution >= 0.6 is 11.3 Å². The van der Waals surface area contributed by atoms with Crippen molar-refractivity contribution in [2.45, 2.75) is 11.8 Å². The summed E-state index contributed by atoms with van der Waals surface area (Å²) in [5, 5.41) is 11.0. The summed E-state index contributed by atoms with van der Waals surface area (Å²) in [5.41, 5.74) is 12.2. The van der Waals surface area contributed by atoms with Crippen molar-refractivity contribution in [2.75, 3.05) is 0 Å². The molecule has 2 unspecified atom stereocenters. The van der Waals surface area contributed by atoms with Crippen LogP contribution < -0.4 is 0 Å². The van der Waals surface area contributed by atoms with Gasteiger partial charge in [0.2, 0.25) is 0 Å². The standard InChI is InChI=1S/C49H30S/c1-2-11-29(12-3-1)30-24-26-42-40(27-30)34-13-4-6-19-41(34)49(42)43-20-9-16-36-33-25-23-31(28-39(33)37-17-10-21-44(49)47(37)46(36)43)32-15-8-18-38-35-14-5-7-22-45(35)50-48(32)38/h1-18,20-28,41H,19H2. The molecule has 9 aromatic rings. The Hall–Kier alpha value is -5.76. The van der Waals surface area contributed by atoms with Gasteiger partial charge in [0.1, 0.15) is 0 Å². The molecule has 3 aliphatic rings. The van der Waals surface area contributed by atoms with Crippen LogP contribution in [-0.2, 0) is 5.41 Å². The van der Waals surface area contributed by atoms with E-state index < -0.39 is 0 Å². The van der Waals surface area contributed by atoms with Crippen LogP contribution in [0.2, 0.25) is 0 Å². The van der Waals surface area contributed by atoms with Crippen molar-refractivity contribution in [2.24, 2.45) is 5.92 Å². The maximum absolute atomic E-state index is 2.48. The summed E-state index contributed by atoms with van der Waals surface area (Å²) in [5.74, 6) is 0.348. The molecule has 2 atom stereocenters. The molecule has 50 heavy (non-hydrogen) atoms. The normalized spacial score (nSPS) is 18.6. The topological polar surface area (TPSA) is 0 Å². The van der Waals surface area contributed by atoms with Crippen molar-refractivity contribution in [1.29, 1.82) is 0 Å². The Morgan fingerprint density at radius 1 is 0.480 bits per heavy atom. The summed E-state index contributed by atoms with van der Waals surface area (Å²) < 4.78 is 2.71. The zero-order valence-electron chi connectivity index (χ0n) is 27.3. The molecule has 8 aromatic carbocycles. The zero-order chi connectivity index (χ0) is 32.6. The molecule has 232 valence electrons. The van der Waals surface area contributed by atoms with Gasteiger partial charge in [-0.25, -0.2) is 0 Å². The first-order chi connectivity index (χ1) is 24.8. The van der Waals surface area contributed by atoms with E-state index in [-0.39, 0.29) is 5.41 Å². The number of fused-ring (bicyclic) bond motifs is 13. The van der Waals surface area contributed by atoms with Crippen molar-refractivity contribution in [1.82, 2.24) is 0 Å². The van der Waals surface area contributed by atoms with Crippen molar-refractivity contribution < 1.29 is 0 Å². The predicted octanol–water partition coefficient (Wildman–Crippen LogP) is 13.5. The molecule has 0 bridgehead atoms. The van der Waals surface area contributed by atoms with Crippen LogP contribution in [0.1, 0.15) is 28.7 Å². The Balaban J connectivity index is 1.15. The Morgan fingerprint density at radius 2 is 1.20 bits per heavy atom. The highest BCUT2D eigenvalue weighted by molar-refractivity contribution is 7.26. The molecule has 0 fully saturated rings. The highest BCUT2D eigenvalue weighted by atomic mass is 32.1. The first kappa shape index (κ1) is 27.1. The Labute approximate surface area is 294 Å². The van der Waals surface area contributed by atoms with Crippen LogP contribution in [0.3, 0.4) is 0 Å². The largest absolute Gasteiger partial charge is 0.135 e. The van der Waals surface area contributed by atoms with E-state index in [9.17, 15) is 0 Å². The van der Waals surface area contributed by atoms with E-state index >= 15 is 0 Å². The first-order valence-corrected chi connectivity index (χ1v) is 18.5. The van der Waals surface area contributed by atoms with Gasteiger partial charge in [-0.15, -0.1) is 11.3 Å². The number of allylic oxidation sites excluding steroid dienone is 4. The van der Waals surface area contributed by atoms with Crippen LogP contribution in [0, 0.1) is 5.92 Å². The van der Waals surface area contributed by atoms with E-state index in [1.165, 1.54) is 103 Å². The third-order valence-corrected chi connectivity index (χ3v) is 13.3. The summed E-state index contributed by atoms with van der Waals surface area (Å²) in [7, 11) is 0. The minimum Gasteiger partial charge on any atom is -0.135 e. The van der Waals surface area contributed by atoms with Gasteiger partial charge < -0.3 is 0 Å². The summed E-state index contributed by atoms with van der Waals surface area (Å²) in [6.45, 7) is 0. The van der Waals surface area contributed by atoms with Crippen LogP contribution in [0.25, 0.3) is 80.3 Å². The molecular formula is C49H30S. The van der Waals surface area contributed by atoms with Gasteiger partial charge in [0.05, 0.1) is 5.41 Å². The molecule has 1 heteroatoms. The van der Waals surface area contributed by atoms with E-state index in [1.54, 1.807) is 0 Å². The maximum atomic E-state index is 2.48. The second-order valence-corrected chi connectivity index (χ2v) is 15.3. The second kappa shape index (κ2) is 9.69. The smallest absolute Gasteiger partial charge is 0.0541 e. The van der Waals surface area contributed by atoms with E-state index in [4.69, 9.17) is 0 Å². The summed E-state index contributed by atoms with van der Waals surface area (Å²) in [4.78, 5) is 0. The van der Waals surface area contributed by atoms with Gasteiger partial charge in [-0.05, 0) is 107 Å². The lowest BCUT2D eigenvalue weighted by atomic mass is 9.65. The molecule has 0 radical (unpaired) electrons. The Bertz CT molecular complexity index is 3010. The molecule has 0 saturated carbocycles. The highest BCUT2D eigenvalue weighted by Crippen LogP contribution is 2.65. The maximum Gasteiger partial charge on any atom is 0.0541 e. The SMILES string of the molecule is C1=CCC2C(=C1)c1cc(-c3ccccc3)ccc1C21c2cccc3c4ccc(-c5cccc6c5sc5ccccc56)cc4c4cccc1c4c23. The Kier molecular flexibility index (Phi) is 5.25. The zero-order valence-corrected chi connectivity index (χ0v) is 28.1. The molecule has 0 saturated heterocycles. The van der Waals surface area contributed by atoms with Crippen LogP contribution in [0.4, 0.5) is 0 Å². The molecule has 0 aliphatic heterocycles. The third-order valence-electron chi connectivity index (χ3n) is 12.1. The quantitative estimate of drug-likeness (QED) is 0.163. The molecule has 1 spiro atoms. The van der Waals surface area contributed by atoms with Gasteiger partial charge in [0.15, 0.2) is 0 Å². The van der Waals surface area contributed by atoms with E-state index in [2.05, 4.69) is 164 Å². The summed E-state index contributed by atoms with van der Waals surface area (Å²) in [6.07, 6.45) is 8.10. The first-order valence-electron chi connectivity index (χ1n) is 17.7. The number of thiophene rings is 1. The van der Waals surface area contributed by atoms with Crippen molar-refractivity contribution in [3.8, 4) is 22.3 Å². The lowest BCUT2D eigenvalue weighted by Gasteiger charge is -2.36. The van der Waals surface area contributed by atoms with Crippen molar-refractivity contribution >= 4 is 69.4 Å². The fourth-order valence-electron chi connectivity index (χ4n) is 10.1. The molecule has 1 aromatic heterocycles. The highest BCUT2D eigenvalue weighted by Gasteiger charge is 2.55. The third kappa shape index (κ3) is 3.27. The second-order valence-electron chi connectivity index (χ2n) is 14.3. The van der Waals surface area contributed by atoms with Gasteiger partial charge in [-0.1, -0.05) is 146 Å². The van der Waals surface area contributed by atoms with Crippen molar-refractivity contribution in [3.63, 3.8) is 0 Å². The number of benzene rings is 8. The van der Waals surface area contributed by atoms with Crippen LogP contribution in [-0.4, -0.2) is 0 Å². The molecule has 0 nitrogen and oxygen atoms in total. The molecule has 3 aliphatic carbocycles. The van der Waals surface area contributed by atoms with E-state index in [1.807, 2.05) is 11.3 Å². The minimum absolute atomic E-state index is 0.231. The van der Waals surface area contributed by atoms with Crippen molar-refractivity contribution in [3.05, 3.63) is 186 Å². The van der Waals surface area contributed by atoms with E-state index in [0.29, 0.717) is 5.92 Å². The molecule has 12 rings (SSSR count). The van der Waals surface area contributed by atoms with Gasteiger partial charge in [-0.3, -0.25) is 0 Å². The van der Waals surface area contributed by atoms with E-state index in [0.717, 1.165) is 6.42 Å². The lowest BCUT2D eigenvalue weighted by Crippen LogP contribution is -2.32. The molecular weight excluding hydrogens is 621 g/mol. The van der Waals surface area contributed by atoms with Gasteiger partial charge in [0, 0.05) is 26.1 Å². The average molecular weight is 651 g/mol. The van der Waals surface area contributed by atoms with Gasteiger partial charge in [-0.2, -0.15) is 0 Å². The number of hydrogen-bond acceptors (Lipinski definition) is 1. The number of hydrogen-bond donors (Lipinski definition) is 0. The average Bonchev–Trinajstić information content (AvgIpc) is 3.82. The monoisotopic (exact) mass is 650 g/mol. The molecule has 0 N–H and O–H groups in total. The summed E-state index contributed by atoms with van der Waals surface area (Å²) in [6, 6.07) is 55.3. The van der Waals surface area contributed by atoms with Crippen LogP contribution in [0.5, 0.6) is 0 Å². The van der Waals surface area contributed by atoms with Gasteiger partial charge >= 0.3 is 0 Å². The van der Waals surface area contributed by atoms with Crippen LogP contribution in [0.15, 0.2) is 164 Å². The Morgan fingerprint density at radius 3 is 2.06 bits per heavy atom. The fraction of sp³-hybridized carbons (Fsp3) is 0.0612. The summed E-state index contributed by atoms with van der Waals surface area (Å²) >= 11 is 1.91. The molecule has 0 amide bonds. The lowest BCUT2D eigenvalue weighted by molar-refractivity contribution is 0.496. The van der Waals surface area contributed by atoms with Gasteiger partial charge in [0.25, 0.3) is 0 Å². The number of rotatable bonds is 2.